The van der Waals surface area contributed by atoms with Crippen LogP contribution in [0.15, 0.2) is 57.9 Å². The minimum absolute atomic E-state index is 0.0220. The van der Waals surface area contributed by atoms with E-state index in [2.05, 4.69) is 15.3 Å². The normalized spacial score (nSPS) is 11.0. The second-order valence-corrected chi connectivity index (χ2v) is 6.85. The highest BCUT2D eigenvalue weighted by Crippen LogP contribution is 2.33. The van der Waals surface area contributed by atoms with Crippen molar-refractivity contribution < 1.29 is 13.2 Å². The molecular weight excluding hydrogens is 390 g/mol. The maximum absolute atomic E-state index is 14.3. The Hall–Kier alpha value is -3.81. The van der Waals surface area contributed by atoms with E-state index in [1.54, 1.807) is 25.1 Å². The molecule has 2 aromatic carbocycles. The summed E-state index contributed by atoms with van der Waals surface area (Å²) in [5.41, 5.74) is 1.73. The van der Waals surface area contributed by atoms with Gasteiger partial charge in [0, 0.05) is 18.2 Å². The summed E-state index contributed by atoms with van der Waals surface area (Å²) in [4.78, 5) is 20.7. The summed E-state index contributed by atoms with van der Waals surface area (Å²) < 4.78 is 35.4. The molecule has 30 heavy (non-hydrogen) atoms. The number of benzene rings is 2. The Labute approximate surface area is 170 Å². The zero-order valence-electron chi connectivity index (χ0n) is 16.5. The maximum atomic E-state index is 14.3. The quantitative estimate of drug-likeness (QED) is 0.539. The summed E-state index contributed by atoms with van der Waals surface area (Å²) in [5, 5.41) is 2.52. The fraction of sp³-hybridized carbons (Fsp3) is 0.136. The van der Waals surface area contributed by atoms with E-state index in [1.165, 1.54) is 13.1 Å². The first-order valence-corrected chi connectivity index (χ1v) is 9.19. The van der Waals surface area contributed by atoms with Gasteiger partial charge < -0.3 is 9.73 Å². The van der Waals surface area contributed by atoms with Crippen molar-refractivity contribution in [2.24, 2.45) is 0 Å². The molecule has 0 saturated heterocycles. The minimum atomic E-state index is -0.751. The lowest BCUT2D eigenvalue weighted by Crippen LogP contribution is -2.23. The molecule has 1 N–H and O–H groups in total. The van der Waals surface area contributed by atoms with Gasteiger partial charge in [0.1, 0.15) is 5.82 Å². The van der Waals surface area contributed by atoms with Crippen molar-refractivity contribution in [2.45, 2.75) is 13.8 Å². The number of nitrogens with zero attached hydrogens (tertiary/aromatic N) is 3. The lowest BCUT2D eigenvalue weighted by Gasteiger charge is -2.07. The first kappa shape index (κ1) is 19.5. The summed E-state index contributed by atoms with van der Waals surface area (Å²) in [6.45, 7) is 3.56. The Morgan fingerprint density at radius 3 is 2.50 bits per heavy atom. The lowest BCUT2D eigenvalue weighted by molar-refractivity contribution is 0.583. The Morgan fingerprint density at radius 2 is 1.80 bits per heavy atom. The average molecular weight is 408 g/mol. The summed E-state index contributed by atoms with van der Waals surface area (Å²) in [6, 6.07) is 12.0. The fourth-order valence-corrected chi connectivity index (χ4v) is 3.06. The standard InChI is InChI=1S/C22H18F2N4O2/c1-12-5-4-6-15(9-12)21-27-20(28-11-17(24)19(25-3)26-22(28)29)18(30-21)14-8-7-13(2)16(23)10-14/h4-11H,1-3H3,(H,25,26,29). The third kappa shape index (κ3) is 3.47. The molecule has 4 rings (SSSR count). The van der Waals surface area contributed by atoms with Gasteiger partial charge in [-0.15, -0.1) is 0 Å². The molecular formula is C22H18F2N4O2. The molecule has 0 radical (unpaired) electrons. The molecule has 8 heteroatoms. The number of anilines is 1. The summed E-state index contributed by atoms with van der Waals surface area (Å²) in [6.07, 6.45) is 0.979. The highest BCUT2D eigenvalue weighted by molar-refractivity contribution is 5.69. The van der Waals surface area contributed by atoms with Crippen molar-refractivity contribution >= 4 is 5.82 Å². The number of aromatic nitrogens is 3. The number of nitrogens with one attached hydrogen (secondary N) is 1. The van der Waals surface area contributed by atoms with Crippen LogP contribution in [-0.2, 0) is 0 Å². The number of hydrogen-bond donors (Lipinski definition) is 1. The Balaban J connectivity index is 1.98. The molecule has 0 aliphatic heterocycles. The second-order valence-electron chi connectivity index (χ2n) is 6.85. The van der Waals surface area contributed by atoms with Crippen LogP contribution in [-0.4, -0.2) is 21.6 Å². The van der Waals surface area contributed by atoms with Crippen molar-refractivity contribution in [3.63, 3.8) is 0 Å². The predicted octanol–water partition coefficient (Wildman–Crippen LogP) is 4.49. The minimum Gasteiger partial charge on any atom is -0.434 e. The Kier molecular flexibility index (Phi) is 4.91. The molecule has 0 fully saturated rings. The van der Waals surface area contributed by atoms with Crippen LogP contribution in [0.4, 0.5) is 14.6 Å². The number of rotatable bonds is 4. The van der Waals surface area contributed by atoms with Gasteiger partial charge in [0.2, 0.25) is 5.89 Å². The van der Waals surface area contributed by atoms with E-state index in [1.807, 2.05) is 25.1 Å². The average Bonchev–Trinajstić information content (AvgIpc) is 3.16. The molecule has 2 heterocycles. The van der Waals surface area contributed by atoms with Crippen molar-refractivity contribution in [1.82, 2.24) is 14.5 Å². The van der Waals surface area contributed by atoms with Gasteiger partial charge in [0.05, 0.1) is 6.20 Å². The van der Waals surface area contributed by atoms with E-state index in [-0.39, 0.29) is 23.3 Å². The molecule has 6 nitrogen and oxygen atoms in total. The van der Waals surface area contributed by atoms with Crippen molar-refractivity contribution in [3.05, 3.63) is 81.9 Å². The fourth-order valence-electron chi connectivity index (χ4n) is 3.06. The summed E-state index contributed by atoms with van der Waals surface area (Å²) >= 11 is 0. The molecule has 4 aromatic rings. The van der Waals surface area contributed by atoms with Crippen LogP contribution in [0.1, 0.15) is 11.1 Å². The SMILES string of the molecule is CNc1nc(=O)n(-c2nc(-c3cccc(C)c3)oc2-c2ccc(C)c(F)c2)cc1F. The highest BCUT2D eigenvalue weighted by atomic mass is 19.1. The zero-order valence-corrected chi connectivity index (χ0v) is 16.5. The zero-order chi connectivity index (χ0) is 21.4. The Morgan fingerprint density at radius 1 is 1.00 bits per heavy atom. The van der Waals surface area contributed by atoms with Crippen molar-refractivity contribution in [1.29, 1.82) is 0 Å². The highest BCUT2D eigenvalue weighted by Gasteiger charge is 2.21. The summed E-state index contributed by atoms with van der Waals surface area (Å²) in [7, 11) is 1.46. The largest absolute Gasteiger partial charge is 0.434 e. The van der Waals surface area contributed by atoms with E-state index in [0.717, 1.165) is 16.3 Å². The molecule has 2 aromatic heterocycles. The smallest absolute Gasteiger partial charge is 0.355 e. The predicted molar refractivity (Wildman–Crippen MR) is 110 cm³/mol. The first-order valence-electron chi connectivity index (χ1n) is 9.19. The lowest BCUT2D eigenvalue weighted by atomic mass is 10.1. The van der Waals surface area contributed by atoms with Crippen LogP contribution >= 0.6 is 0 Å². The molecule has 0 spiro atoms. The van der Waals surface area contributed by atoms with Crippen LogP contribution in [0.5, 0.6) is 0 Å². The molecule has 152 valence electrons. The van der Waals surface area contributed by atoms with Gasteiger partial charge in [-0.25, -0.2) is 18.1 Å². The second kappa shape index (κ2) is 7.55. The molecule has 0 bridgehead atoms. The van der Waals surface area contributed by atoms with Gasteiger partial charge in [-0.05, 0) is 37.6 Å². The van der Waals surface area contributed by atoms with Crippen molar-refractivity contribution in [3.8, 4) is 28.6 Å². The van der Waals surface area contributed by atoms with Gasteiger partial charge in [-0.1, -0.05) is 29.8 Å². The maximum Gasteiger partial charge on any atom is 0.355 e. The molecule has 0 aliphatic rings. The van der Waals surface area contributed by atoms with E-state index >= 15 is 0 Å². The number of hydrogen-bond acceptors (Lipinski definition) is 5. The monoisotopic (exact) mass is 408 g/mol. The first-order chi connectivity index (χ1) is 14.4. The Bertz CT molecular complexity index is 1310. The summed E-state index contributed by atoms with van der Waals surface area (Å²) in [5.74, 6) is -0.983. The van der Waals surface area contributed by atoms with Crippen LogP contribution in [0.2, 0.25) is 0 Å². The molecule has 0 saturated carbocycles. The van der Waals surface area contributed by atoms with Gasteiger partial charge in [0.25, 0.3) is 0 Å². The van der Waals surface area contributed by atoms with E-state index in [9.17, 15) is 13.6 Å². The molecule has 0 unspecified atom stereocenters. The van der Waals surface area contributed by atoms with E-state index in [4.69, 9.17) is 4.42 Å². The van der Waals surface area contributed by atoms with E-state index in [0.29, 0.717) is 16.7 Å². The molecule has 0 atom stereocenters. The van der Waals surface area contributed by atoms with E-state index < -0.39 is 17.3 Å². The molecule has 0 amide bonds. The molecule has 0 aliphatic carbocycles. The van der Waals surface area contributed by atoms with Crippen LogP contribution in [0.3, 0.4) is 0 Å². The van der Waals surface area contributed by atoms with Gasteiger partial charge in [-0.2, -0.15) is 9.97 Å². The van der Waals surface area contributed by atoms with Gasteiger partial charge in [-0.3, -0.25) is 0 Å². The number of halogens is 2. The topological polar surface area (TPSA) is 73.0 Å². The van der Waals surface area contributed by atoms with Crippen LogP contribution < -0.4 is 11.0 Å². The van der Waals surface area contributed by atoms with Crippen molar-refractivity contribution in [2.75, 3.05) is 12.4 Å². The van der Waals surface area contributed by atoms with Crippen LogP contribution in [0.25, 0.3) is 28.6 Å². The third-order valence-electron chi connectivity index (χ3n) is 4.66. The number of aryl methyl sites for hydroxylation is 2. The van der Waals surface area contributed by atoms with Gasteiger partial charge in [0.15, 0.2) is 23.2 Å². The third-order valence-corrected chi connectivity index (χ3v) is 4.66. The number of oxazole rings is 1. The van der Waals surface area contributed by atoms with Gasteiger partial charge >= 0.3 is 5.69 Å². The van der Waals surface area contributed by atoms with Crippen LogP contribution in [0, 0.1) is 25.5 Å².